The van der Waals surface area contributed by atoms with Crippen LogP contribution in [0.2, 0.25) is 0 Å². The molecule has 1 heterocycles. The Bertz CT molecular complexity index is 551. The maximum absolute atomic E-state index is 11.5. The van der Waals surface area contributed by atoms with E-state index in [2.05, 4.69) is 37.0 Å². The van der Waals surface area contributed by atoms with Gasteiger partial charge >= 0.3 is 0 Å². The maximum atomic E-state index is 11.5. The molecule has 76 valence electrons. The summed E-state index contributed by atoms with van der Waals surface area (Å²) in [5.41, 5.74) is 0.561. The molecular formula is C10H6Br2N2O. The average Bonchev–Trinajstić information content (AvgIpc) is 2.23. The van der Waals surface area contributed by atoms with Crippen molar-refractivity contribution in [2.24, 2.45) is 0 Å². The standard InChI is InChI=1S/C10H6Br2N2O/c11-7-3-1-4-8(10(7)12)14-9(15)5-2-6-13-14/h1-6H. The Morgan fingerprint density at radius 3 is 2.67 bits per heavy atom. The number of aromatic nitrogens is 2. The molecule has 0 saturated carbocycles. The normalized spacial score (nSPS) is 10.3. The van der Waals surface area contributed by atoms with E-state index in [1.165, 1.54) is 10.7 Å². The van der Waals surface area contributed by atoms with Crippen molar-refractivity contribution >= 4 is 31.9 Å². The summed E-state index contributed by atoms with van der Waals surface area (Å²) in [6, 6.07) is 8.65. The molecule has 0 aliphatic heterocycles. The zero-order chi connectivity index (χ0) is 10.8. The second-order valence-electron chi connectivity index (χ2n) is 2.85. The second-order valence-corrected chi connectivity index (χ2v) is 4.49. The topological polar surface area (TPSA) is 34.9 Å². The number of nitrogens with zero attached hydrogens (tertiary/aromatic N) is 2. The summed E-state index contributed by atoms with van der Waals surface area (Å²) in [7, 11) is 0. The van der Waals surface area contributed by atoms with Crippen LogP contribution < -0.4 is 5.56 Å². The van der Waals surface area contributed by atoms with E-state index in [-0.39, 0.29) is 5.56 Å². The monoisotopic (exact) mass is 328 g/mol. The zero-order valence-electron chi connectivity index (χ0n) is 7.52. The summed E-state index contributed by atoms with van der Waals surface area (Å²) in [5, 5.41) is 4.00. The number of hydrogen-bond donors (Lipinski definition) is 0. The molecule has 5 heteroatoms. The first kappa shape index (κ1) is 10.6. The highest BCUT2D eigenvalue weighted by atomic mass is 79.9. The molecule has 2 aromatic rings. The molecule has 2 rings (SSSR count). The maximum Gasteiger partial charge on any atom is 0.271 e. The quantitative estimate of drug-likeness (QED) is 0.806. The molecule has 0 amide bonds. The highest BCUT2D eigenvalue weighted by molar-refractivity contribution is 9.13. The van der Waals surface area contributed by atoms with E-state index in [4.69, 9.17) is 0 Å². The van der Waals surface area contributed by atoms with E-state index in [1.807, 2.05) is 18.2 Å². The van der Waals surface area contributed by atoms with Crippen molar-refractivity contribution in [2.75, 3.05) is 0 Å². The minimum atomic E-state index is -0.156. The molecule has 3 nitrogen and oxygen atoms in total. The van der Waals surface area contributed by atoms with E-state index in [0.29, 0.717) is 0 Å². The fourth-order valence-electron chi connectivity index (χ4n) is 1.19. The van der Waals surface area contributed by atoms with Crippen LogP contribution in [-0.4, -0.2) is 9.78 Å². The summed E-state index contributed by atoms with van der Waals surface area (Å²) in [6.07, 6.45) is 1.58. The van der Waals surface area contributed by atoms with Gasteiger partial charge in [-0.05, 0) is 50.1 Å². The summed E-state index contributed by atoms with van der Waals surface area (Å²) < 4.78 is 3.04. The van der Waals surface area contributed by atoms with Crippen molar-refractivity contribution in [1.29, 1.82) is 0 Å². The number of hydrogen-bond acceptors (Lipinski definition) is 2. The van der Waals surface area contributed by atoms with Crippen LogP contribution in [-0.2, 0) is 0 Å². The predicted octanol–water partition coefficient (Wildman–Crippen LogP) is 2.76. The van der Waals surface area contributed by atoms with Gasteiger partial charge in [-0.2, -0.15) is 9.78 Å². The lowest BCUT2D eigenvalue weighted by Gasteiger charge is -2.06. The molecule has 0 aliphatic carbocycles. The van der Waals surface area contributed by atoms with Crippen molar-refractivity contribution in [2.45, 2.75) is 0 Å². The van der Waals surface area contributed by atoms with Crippen LogP contribution in [0, 0.1) is 0 Å². The Labute approximate surface area is 103 Å². The minimum Gasteiger partial charge on any atom is -0.267 e. The lowest BCUT2D eigenvalue weighted by atomic mass is 10.3. The summed E-state index contributed by atoms with van der Waals surface area (Å²) in [4.78, 5) is 11.5. The average molecular weight is 330 g/mol. The van der Waals surface area contributed by atoms with Gasteiger partial charge in [0.15, 0.2) is 0 Å². The Morgan fingerprint density at radius 1 is 1.13 bits per heavy atom. The third kappa shape index (κ3) is 2.03. The minimum absolute atomic E-state index is 0.156. The van der Waals surface area contributed by atoms with E-state index in [1.54, 1.807) is 12.3 Å². The highest BCUT2D eigenvalue weighted by Crippen LogP contribution is 2.27. The predicted molar refractivity (Wildman–Crippen MR) is 65.2 cm³/mol. The Balaban J connectivity index is 2.70. The van der Waals surface area contributed by atoms with Crippen molar-refractivity contribution < 1.29 is 0 Å². The molecule has 0 atom stereocenters. The van der Waals surface area contributed by atoms with Gasteiger partial charge < -0.3 is 0 Å². The van der Waals surface area contributed by atoms with Crippen molar-refractivity contribution in [3.63, 3.8) is 0 Å². The first-order valence-electron chi connectivity index (χ1n) is 4.19. The van der Waals surface area contributed by atoms with E-state index < -0.39 is 0 Å². The van der Waals surface area contributed by atoms with Crippen LogP contribution in [0.1, 0.15) is 0 Å². The van der Waals surface area contributed by atoms with Gasteiger partial charge in [-0.3, -0.25) is 4.79 Å². The van der Waals surface area contributed by atoms with Gasteiger partial charge in [-0.1, -0.05) is 6.07 Å². The SMILES string of the molecule is O=c1cccnn1-c1cccc(Br)c1Br. The smallest absolute Gasteiger partial charge is 0.267 e. The van der Waals surface area contributed by atoms with Gasteiger partial charge in [0, 0.05) is 16.7 Å². The van der Waals surface area contributed by atoms with Gasteiger partial charge in [0.2, 0.25) is 0 Å². The molecular weight excluding hydrogens is 324 g/mol. The lowest BCUT2D eigenvalue weighted by molar-refractivity contribution is 0.803. The molecule has 0 spiro atoms. The van der Waals surface area contributed by atoms with E-state index >= 15 is 0 Å². The van der Waals surface area contributed by atoms with Gasteiger partial charge in [0.1, 0.15) is 0 Å². The van der Waals surface area contributed by atoms with Crippen LogP contribution in [0.4, 0.5) is 0 Å². The third-order valence-corrected chi connectivity index (χ3v) is 3.90. The molecule has 1 aromatic heterocycles. The molecule has 0 aliphatic rings. The van der Waals surface area contributed by atoms with Gasteiger partial charge in [0.05, 0.1) is 10.2 Å². The van der Waals surface area contributed by atoms with Crippen molar-refractivity contribution in [3.8, 4) is 5.69 Å². The van der Waals surface area contributed by atoms with Gasteiger partial charge in [-0.15, -0.1) is 0 Å². The molecule has 0 unspecified atom stereocenters. The molecule has 15 heavy (non-hydrogen) atoms. The number of rotatable bonds is 1. The van der Waals surface area contributed by atoms with Gasteiger partial charge in [0.25, 0.3) is 5.56 Å². The van der Waals surface area contributed by atoms with Crippen LogP contribution in [0.15, 0.2) is 50.3 Å². The summed E-state index contributed by atoms with van der Waals surface area (Å²) >= 11 is 6.78. The first-order valence-corrected chi connectivity index (χ1v) is 5.77. The third-order valence-electron chi connectivity index (χ3n) is 1.88. The number of halogens is 2. The molecule has 0 saturated heterocycles. The fourth-order valence-corrected chi connectivity index (χ4v) is 1.98. The zero-order valence-corrected chi connectivity index (χ0v) is 10.7. The van der Waals surface area contributed by atoms with E-state index in [0.717, 1.165) is 14.6 Å². The Kier molecular flexibility index (Phi) is 3.02. The first-order chi connectivity index (χ1) is 7.20. The highest BCUT2D eigenvalue weighted by Gasteiger charge is 2.06. The Morgan fingerprint density at radius 2 is 1.93 bits per heavy atom. The van der Waals surface area contributed by atoms with E-state index in [9.17, 15) is 4.79 Å². The summed E-state index contributed by atoms with van der Waals surface area (Å²) in [6.45, 7) is 0. The molecule has 0 N–H and O–H groups in total. The summed E-state index contributed by atoms with van der Waals surface area (Å²) in [5.74, 6) is 0. The van der Waals surface area contributed by atoms with Gasteiger partial charge in [-0.25, -0.2) is 0 Å². The van der Waals surface area contributed by atoms with Crippen LogP contribution in [0.3, 0.4) is 0 Å². The van der Waals surface area contributed by atoms with Crippen molar-refractivity contribution in [1.82, 2.24) is 9.78 Å². The molecule has 1 aromatic carbocycles. The fraction of sp³-hybridized carbons (Fsp3) is 0. The number of benzene rings is 1. The molecule has 0 bridgehead atoms. The molecule has 0 radical (unpaired) electrons. The Hall–Kier alpha value is -0.940. The largest absolute Gasteiger partial charge is 0.271 e. The molecule has 0 fully saturated rings. The van der Waals surface area contributed by atoms with Crippen LogP contribution in [0.5, 0.6) is 0 Å². The second kappa shape index (κ2) is 4.28. The van der Waals surface area contributed by atoms with Crippen LogP contribution in [0.25, 0.3) is 5.69 Å². The van der Waals surface area contributed by atoms with Crippen molar-refractivity contribution in [3.05, 3.63) is 55.8 Å². The van der Waals surface area contributed by atoms with Crippen LogP contribution >= 0.6 is 31.9 Å². The lowest BCUT2D eigenvalue weighted by Crippen LogP contribution is -2.19.